The smallest absolute Gasteiger partial charge is 0.165 e. The van der Waals surface area contributed by atoms with E-state index in [1.807, 2.05) is 0 Å². The zero-order valence-corrected chi connectivity index (χ0v) is 6.94. The lowest BCUT2D eigenvalue weighted by Crippen LogP contribution is -2.02. The van der Waals surface area contributed by atoms with Gasteiger partial charge in [0.2, 0.25) is 0 Å². The molecule has 0 aromatic carbocycles. The fourth-order valence-electron chi connectivity index (χ4n) is 0.923. The zero-order valence-electron chi connectivity index (χ0n) is 6.12. The number of halogens is 3. The zero-order chi connectivity index (χ0) is 8.65. The van der Waals surface area contributed by atoms with Gasteiger partial charge in [0, 0.05) is 4.88 Å². The summed E-state index contributed by atoms with van der Waals surface area (Å²) in [6, 6.07) is 1.55. The highest BCUT2D eigenvalue weighted by molar-refractivity contribution is 7.12. The van der Waals surface area contributed by atoms with Gasteiger partial charge >= 0.3 is 6.18 Å². The highest BCUT2D eigenvalue weighted by Crippen LogP contribution is 2.37. The van der Waals surface area contributed by atoms with Crippen molar-refractivity contribution in [2.24, 2.45) is 0 Å². The lowest BCUT2D eigenvalue weighted by molar-refractivity contribution is -0.134. The summed E-state index contributed by atoms with van der Waals surface area (Å²) < 4.78 is 36.2. The van der Waals surface area contributed by atoms with Crippen LogP contribution in [0.15, 0.2) is 6.07 Å². The Hall–Kier alpha value is -0.510. The second kappa shape index (κ2) is 2.52. The van der Waals surface area contributed by atoms with Crippen LogP contribution in [-0.4, -0.2) is 0 Å². The first kappa shape index (κ1) is 8.59. The maximum absolute atomic E-state index is 12.1. The fourth-order valence-corrected chi connectivity index (χ4v) is 1.82. The molecule has 1 aromatic rings. The van der Waals surface area contributed by atoms with E-state index in [1.165, 1.54) is 6.92 Å². The third kappa shape index (κ3) is 1.74. The van der Waals surface area contributed by atoms with E-state index in [0.29, 0.717) is 10.4 Å². The lowest BCUT2D eigenvalue weighted by Gasteiger charge is -2.02. The lowest BCUT2D eigenvalue weighted by atomic mass is 10.3. The number of thiophene rings is 1. The minimum Gasteiger partial charge on any atom is -0.165 e. The van der Waals surface area contributed by atoms with Crippen LogP contribution in [0.3, 0.4) is 0 Å². The van der Waals surface area contributed by atoms with E-state index in [-0.39, 0.29) is 0 Å². The monoisotopic (exact) mass is 180 g/mol. The van der Waals surface area contributed by atoms with Crippen molar-refractivity contribution in [2.75, 3.05) is 0 Å². The molecule has 0 aliphatic heterocycles. The Kier molecular flexibility index (Phi) is 1.96. The molecule has 11 heavy (non-hydrogen) atoms. The largest absolute Gasteiger partial charge is 0.425 e. The fraction of sp³-hybridized carbons (Fsp3) is 0.429. The second-order valence-corrected chi connectivity index (χ2v) is 3.62. The molecule has 0 atom stereocenters. The Morgan fingerprint density at radius 1 is 1.27 bits per heavy atom. The van der Waals surface area contributed by atoms with Crippen LogP contribution in [0.4, 0.5) is 13.2 Å². The molecule has 62 valence electrons. The molecule has 0 aliphatic carbocycles. The summed E-state index contributed by atoms with van der Waals surface area (Å²) in [4.78, 5) is 0.227. The van der Waals surface area contributed by atoms with E-state index in [4.69, 9.17) is 0 Å². The van der Waals surface area contributed by atoms with Crippen molar-refractivity contribution in [3.05, 3.63) is 21.4 Å². The quantitative estimate of drug-likeness (QED) is 0.574. The van der Waals surface area contributed by atoms with Gasteiger partial charge in [-0.3, -0.25) is 0 Å². The van der Waals surface area contributed by atoms with Crippen LogP contribution in [0.25, 0.3) is 0 Å². The molecule has 0 spiro atoms. The highest BCUT2D eigenvalue weighted by Gasteiger charge is 2.34. The Balaban J connectivity index is 3.13. The first-order chi connectivity index (χ1) is 4.91. The van der Waals surface area contributed by atoms with Gasteiger partial charge in [-0.1, -0.05) is 0 Å². The van der Waals surface area contributed by atoms with Crippen LogP contribution in [-0.2, 0) is 6.18 Å². The number of hydrogen-bond donors (Lipinski definition) is 0. The molecule has 4 heteroatoms. The molecule has 0 N–H and O–H groups in total. The molecular weight excluding hydrogens is 173 g/mol. The Bertz CT molecular complexity index is 259. The molecular formula is C7H7F3S. The first-order valence-electron chi connectivity index (χ1n) is 3.05. The number of hydrogen-bond acceptors (Lipinski definition) is 1. The summed E-state index contributed by atoms with van der Waals surface area (Å²) in [6.07, 6.45) is -4.18. The van der Waals surface area contributed by atoms with Crippen molar-refractivity contribution in [3.8, 4) is 0 Å². The van der Waals surface area contributed by atoms with Crippen LogP contribution in [0.1, 0.15) is 15.3 Å². The van der Waals surface area contributed by atoms with Crippen molar-refractivity contribution < 1.29 is 13.2 Å². The van der Waals surface area contributed by atoms with Gasteiger partial charge in [0.15, 0.2) is 0 Å². The van der Waals surface area contributed by atoms with E-state index >= 15 is 0 Å². The molecule has 0 amide bonds. The maximum Gasteiger partial charge on any atom is 0.425 e. The van der Waals surface area contributed by atoms with Gasteiger partial charge < -0.3 is 0 Å². The van der Waals surface area contributed by atoms with E-state index < -0.39 is 11.1 Å². The van der Waals surface area contributed by atoms with Crippen LogP contribution in [0.5, 0.6) is 0 Å². The van der Waals surface area contributed by atoms with Crippen molar-refractivity contribution in [3.63, 3.8) is 0 Å². The molecule has 1 rings (SSSR count). The molecule has 0 radical (unpaired) electrons. The van der Waals surface area contributed by atoms with E-state index in [9.17, 15) is 13.2 Å². The van der Waals surface area contributed by atoms with Gasteiger partial charge in [0.25, 0.3) is 0 Å². The van der Waals surface area contributed by atoms with E-state index in [1.54, 1.807) is 13.0 Å². The Morgan fingerprint density at radius 2 is 1.82 bits per heavy atom. The maximum atomic E-state index is 12.1. The molecule has 1 heterocycles. The van der Waals surface area contributed by atoms with Crippen molar-refractivity contribution in [1.29, 1.82) is 0 Å². The summed E-state index contributed by atoms with van der Waals surface area (Å²) >= 11 is 0.796. The van der Waals surface area contributed by atoms with Crippen molar-refractivity contribution >= 4 is 11.3 Å². The summed E-state index contributed by atoms with van der Waals surface area (Å²) in [7, 11) is 0. The van der Waals surface area contributed by atoms with Crippen LogP contribution in [0.2, 0.25) is 0 Å². The molecule has 0 unspecified atom stereocenters. The molecule has 0 saturated heterocycles. The van der Waals surface area contributed by atoms with Crippen LogP contribution < -0.4 is 0 Å². The van der Waals surface area contributed by atoms with Crippen LogP contribution in [0, 0.1) is 13.8 Å². The standard InChI is InChI=1S/C7H7F3S/c1-4-3-5(2)11-6(4)7(8,9)10/h3H,1-2H3. The second-order valence-electron chi connectivity index (χ2n) is 2.37. The molecule has 1 aromatic heterocycles. The summed E-state index contributed by atoms with van der Waals surface area (Å²) in [6.45, 7) is 3.15. The number of rotatable bonds is 0. The minimum absolute atomic E-state index is 0.319. The van der Waals surface area contributed by atoms with Gasteiger partial charge in [-0.25, -0.2) is 0 Å². The first-order valence-corrected chi connectivity index (χ1v) is 3.87. The van der Waals surface area contributed by atoms with Gasteiger partial charge in [-0.05, 0) is 25.5 Å². The number of alkyl halides is 3. The van der Waals surface area contributed by atoms with Gasteiger partial charge in [0.05, 0.1) is 0 Å². The summed E-state index contributed by atoms with van der Waals surface area (Å²) in [5.41, 5.74) is 0.319. The average molecular weight is 180 g/mol. The highest BCUT2D eigenvalue weighted by atomic mass is 32.1. The Labute approximate surface area is 66.7 Å². The van der Waals surface area contributed by atoms with Crippen molar-refractivity contribution in [2.45, 2.75) is 20.0 Å². The number of aryl methyl sites for hydroxylation is 2. The van der Waals surface area contributed by atoms with E-state index in [2.05, 4.69) is 0 Å². The average Bonchev–Trinajstić information content (AvgIpc) is 2.08. The van der Waals surface area contributed by atoms with Crippen LogP contribution >= 0.6 is 11.3 Å². The Morgan fingerprint density at radius 3 is 2.00 bits per heavy atom. The van der Waals surface area contributed by atoms with Crippen molar-refractivity contribution in [1.82, 2.24) is 0 Å². The molecule has 0 fully saturated rings. The third-order valence-electron chi connectivity index (χ3n) is 1.30. The SMILES string of the molecule is Cc1cc(C)c(C(F)(F)F)s1. The van der Waals surface area contributed by atoms with Gasteiger partial charge in [0.1, 0.15) is 4.88 Å². The summed E-state index contributed by atoms with van der Waals surface area (Å²) in [5, 5.41) is 0. The third-order valence-corrected chi connectivity index (χ3v) is 2.50. The van der Waals surface area contributed by atoms with E-state index in [0.717, 1.165) is 11.3 Å². The summed E-state index contributed by atoms with van der Waals surface area (Å²) in [5.74, 6) is 0. The minimum atomic E-state index is -4.18. The normalized spacial score (nSPS) is 12.1. The predicted octanol–water partition coefficient (Wildman–Crippen LogP) is 3.38. The molecule has 0 nitrogen and oxygen atoms in total. The topological polar surface area (TPSA) is 0 Å². The predicted molar refractivity (Wildman–Crippen MR) is 38.8 cm³/mol. The van der Waals surface area contributed by atoms with Gasteiger partial charge in [-0.15, -0.1) is 11.3 Å². The molecule has 0 bridgehead atoms. The van der Waals surface area contributed by atoms with Gasteiger partial charge in [-0.2, -0.15) is 13.2 Å². The molecule has 0 saturated carbocycles. The molecule has 0 aliphatic rings.